The summed E-state index contributed by atoms with van der Waals surface area (Å²) in [5.41, 5.74) is 7.68. The highest BCUT2D eigenvalue weighted by molar-refractivity contribution is 5.28. The van der Waals surface area contributed by atoms with Crippen LogP contribution in [0.2, 0.25) is 0 Å². The van der Waals surface area contributed by atoms with Gasteiger partial charge in [-0.1, -0.05) is 197 Å². The zero-order valence-electron chi connectivity index (χ0n) is 61.8. The first-order valence-corrected chi connectivity index (χ1v) is 39.9. The van der Waals surface area contributed by atoms with Crippen molar-refractivity contribution >= 4 is 0 Å². The van der Waals surface area contributed by atoms with Crippen molar-refractivity contribution in [3.63, 3.8) is 0 Å². The van der Waals surface area contributed by atoms with Crippen LogP contribution in [-0.4, -0.2) is 33.6 Å². The smallest absolute Gasteiger partial charge is 0.0577 e. The van der Waals surface area contributed by atoms with E-state index in [0.29, 0.717) is 38.4 Å². The third-order valence-corrected chi connectivity index (χ3v) is 33.1. The lowest BCUT2D eigenvalue weighted by atomic mass is 9.47. The SMILES string of the molecule is CC(C)C(C)CCC(C)C1CCC2C3CC=C4CC(O)CCC4(C)C3CCC12C.CCC(/C=C/C(C)C1CCC2C3CC=C4CC(O)CCC4(C)C3CCC12C)C(C)C.CCC(CCC(C)C1CCC2C3CC=C4CC(O)CCC4(C)C3CCC12C)C(C)C. The lowest BCUT2D eigenvalue weighted by molar-refractivity contribution is -0.0575. The quantitative estimate of drug-likeness (QED) is 0.135. The fourth-order valence-corrected chi connectivity index (χ4v) is 26.8. The van der Waals surface area contributed by atoms with E-state index in [1.807, 2.05) is 0 Å². The minimum absolute atomic E-state index is 0.0790. The van der Waals surface area contributed by atoms with E-state index >= 15 is 0 Å². The maximum Gasteiger partial charge on any atom is 0.0577 e. The van der Waals surface area contributed by atoms with Gasteiger partial charge in [0.05, 0.1) is 18.3 Å². The Kier molecular flexibility index (Phi) is 22.3. The third kappa shape index (κ3) is 13.4. The lowest BCUT2D eigenvalue weighted by Crippen LogP contribution is -2.50. The molecule has 0 aliphatic heterocycles. The van der Waals surface area contributed by atoms with Crippen molar-refractivity contribution < 1.29 is 15.3 Å². The van der Waals surface area contributed by atoms with Gasteiger partial charge in [-0.05, 0) is 324 Å². The van der Waals surface area contributed by atoms with Gasteiger partial charge in [0.15, 0.2) is 0 Å². The second-order valence-electron chi connectivity index (χ2n) is 38.0. The number of aliphatic hydroxyl groups is 3. The zero-order chi connectivity index (χ0) is 64.3. The van der Waals surface area contributed by atoms with E-state index in [2.05, 4.69) is 155 Å². The predicted molar refractivity (Wildman–Crippen MR) is 380 cm³/mol. The molecule has 27 unspecified atom stereocenters. The Bertz CT molecular complexity index is 2460. The van der Waals surface area contributed by atoms with Gasteiger partial charge < -0.3 is 15.3 Å². The summed E-state index contributed by atoms with van der Waals surface area (Å²) >= 11 is 0. The third-order valence-electron chi connectivity index (χ3n) is 33.1. The standard InChI is InChI=1S/C29H50O.C29H48O.C28H48O/c2*1-7-21(19(2)3)9-8-20(4)25-12-13-26-24-11-10-22-18-23(30)14-16-28(22,5)27(24)15-17-29(25,26)6;1-18(2)19(3)7-8-20(4)24-11-12-25-23-10-9-21-17-22(29)13-15-27(21,5)26(23)14-16-28(24,25)6/h10,19-21,23-27,30H,7-9,11-18H2,1-6H3;8-10,19-21,23-27,30H,7,11-18H2,1-6H3;9,18-20,22-26,29H,7-8,10-17H2,1-6H3/b;9-8+;. The summed E-state index contributed by atoms with van der Waals surface area (Å²) in [6.45, 7) is 45.0. The minimum atomic E-state index is -0.0870. The van der Waals surface area contributed by atoms with Crippen LogP contribution in [0.3, 0.4) is 0 Å². The summed E-state index contributed by atoms with van der Waals surface area (Å²) in [6.07, 6.45) is 51.9. The molecule has 27 atom stereocenters. The van der Waals surface area contributed by atoms with Crippen LogP contribution in [0.15, 0.2) is 47.1 Å². The van der Waals surface area contributed by atoms with E-state index in [0.717, 1.165) is 157 Å². The van der Waals surface area contributed by atoms with Gasteiger partial charge in [-0.2, -0.15) is 0 Å². The van der Waals surface area contributed by atoms with Crippen LogP contribution in [0.4, 0.5) is 0 Å². The van der Waals surface area contributed by atoms with Crippen LogP contribution in [0.1, 0.15) is 317 Å². The van der Waals surface area contributed by atoms with Crippen LogP contribution in [0.25, 0.3) is 0 Å². The van der Waals surface area contributed by atoms with Crippen molar-refractivity contribution in [1.82, 2.24) is 0 Å². The summed E-state index contributed by atoms with van der Waals surface area (Å²) in [7, 11) is 0. The molecule has 0 aromatic rings. The predicted octanol–water partition coefficient (Wildman–Crippen LogP) is 23.5. The largest absolute Gasteiger partial charge is 0.393 e. The molecule has 0 bridgehead atoms. The summed E-state index contributed by atoms with van der Waals surface area (Å²) in [5, 5.41) is 30.7. The Hall–Kier alpha value is -1.16. The van der Waals surface area contributed by atoms with E-state index < -0.39 is 0 Å². The second-order valence-corrected chi connectivity index (χ2v) is 38.0. The molecule has 12 rings (SSSR count). The Morgan fingerprint density at radius 2 is 0.764 bits per heavy atom. The van der Waals surface area contributed by atoms with E-state index in [1.165, 1.54) is 154 Å². The molecule has 0 saturated heterocycles. The lowest BCUT2D eigenvalue weighted by Gasteiger charge is -2.58. The second kappa shape index (κ2) is 28.1. The molecule has 9 fully saturated rings. The summed E-state index contributed by atoms with van der Waals surface area (Å²) in [6, 6.07) is 0. The van der Waals surface area contributed by atoms with Crippen molar-refractivity contribution in [2.75, 3.05) is 0 Å². The number of fused-ring (bicyclic) bond motifs is 15. The first-order valence-electron chi connectivity index (χ1n) is 39.9. The molecule has 0 amide bonds. The van der Waals surface area contributed by atoms with Gasteiger partial charge in [0, 0.05) is 0 Å². The Morgan fingerprint density at radius 3 is 1.11 bits per heavy atom. The molecule has 3 N–H and O–H groups in total. The van der Waals surface area contributed by atoms with Gasteiger partial charge in [0.1, 0.15) is 0 Å². The summed E-state index contributed by atoms with van der Waals surface area (Å²) in [5.74, 6) is 18.2. The highest BCUT2D eigenvalue weighted by atomic mass is 16.3. The van der Waals surface area contributed by atoms with E-state index in [1.54, 1.807) is 16.7 Å². The molecule has 0 radical (unpaired) electrons. The summed E-state index contributed by atoms with van der Waals surface area (Å²) < 4.78 is 0. The normalized spacial score (nSPS) is 45.8. The van der Waals surface area contributed by atoms with Crippen molar-refractivity contribution in [3.05, 3.63) is 47.1 Å². The molecule has 9 saturated carbocycles. The minimum Gasteiger partial charge on any atom is -0.393 e. The molecule has 0 heterocycles. The molecule has 0 aromatic heterocycles. The van der Waals surface area contributed by atoms with E-state index in [9.17, 15) is 15.3 Å². The Labute approximate surface area is 551 Å². The molecular weight excluding hydrogens is 1080 g/mol. The van der Waals surface area contributed by atoms with Crippen molar-refractivity contribution in [3.8, 4) is 0 Å². The van der Waals surface area contributed by atoms with Crippen molar-refractivity contribution in [2.45, 2.75) is 336 Å². The molecule has 12 aliphatic carbocycles. The molecule has 89 heavy (non-hydrogen) atoms. The first kappa shape index (κ1) is 70.6. The Balaban J connectivity index is 0.000000147. The molecule has 0 spiro atoms. The van der Waals surface area contributed by atoms with Crippen LogP contribution < -0.4 is 0 Å². The molecule has 0 aromatic carbocycles. The van der Waals surface area contributed by atoms with Gasteiger partial charge in [0.2, 0.25) is 0 Å². The van der Waals surface area contributed by atoms with E-state index in [4.69, 9.17) is 0 Å². The number of rotatable bonds is 16. The monoisotopic (exact) mass is 1230 g/mol. The average molecular weight is 1230 g/mol. The number of allylic oxidation sites excluding steroid dienone is 5. The molecular formula is C86H146O3. The zero-order valence-corrected chi connectivity index (χ0v) is 61.8. The van der Waals surface area contributed by atoms with Crippen LogP contribution in [0.5, 0.6) is 0 Å². The first-order chi connectivity index (χ1) is 42.1. The van der Waals surface area contributed by atoms with Gasteiger partial charge in [-0.15, -0.1) is 0 Å². The van der Waals surface area contributed by atoms with Crippen molar-refractivity contribution in [2.24, 2.45) is 157 Å². The Morgan fingerprint density at radius 1 is 0.393 bits per heavy atom. The summed E-state index contributed by atoms with van der Waals surface area (Å²) in [4.78, 5) is 0. The van der Waals surface area contributed by atoms with Gasteiger partial charge in [-0.3, -0.25) is 0 Å². The fourth-order valence-electron chi connectivity index (χ4n) is 26.8. The molecule has 12 aliphatic rings. The van der Waals surface area contributed by atoms with Gasteiger partial charge >= 0.3 is 0 Å². The maximum absolute atomic E-state index is 10.2. The van der Waals surface area contributed by atoms with Crippen LogP contribution in [0, 0.1) is 157 Å². The number of hydrogen-bond donors (Lipinski definition) is 3. The molecule has 508 valence electrons. The van der Waals surface area contributed by atoms with Crippen molar-refractivity contribution in [1.29, 1.82) is 0 Å². The van der Waals surface area contributed by atoms with Crippen LogP contribution in [-0.2, 0) is 0 Å². The topological polar surface area (TPSA) is 60.7 Å². The van der Waals surface area contributed by atoms with Gasteiger partial charge in [-0.25, -0.2) is 0 Å². The maximum atomic E-state index is 10.2. The average Bonchev–Trinajstić information content (AvgIpc) is 1.73. The molecule has 3 nitrogen and oxygen atoms in total. The fraction of sp³-hybridized carbons (Fsp3) is 0.907. The highest BCUT2D eigenvalue weighted by Gasteiger charge is 2.62. The molecule has 3 heteroatoms. The van der Waals surface area contributed by atoms with E-state index in [-0.39, 0.29) is 18.3 Å². The van der Waals surface area contributed by atoms with Gasteiger partial charge in [0.25, 0.3) is 0 Å². The number of hydrogen-bond acceptors (Lipinski definition) is 3. The van der Waals surface area contributed by atoms with Crippen LogP contribution >= 0.6 is 0 Å². The number of aliphatic hydroxyl groups excluding tert-OH is 3. The highest BCUT2D eigenvalue weighted by Crippen LogP contribution is 2.71.